The van der Waals surface area contributed by atoms with Crippen molar-refractivity contribution >= 4 is 44.4 Å². The molecule has 5 nitrogen and oxygen atoms in total. The minimum atomic E-state index is -1.08. The van der Waals surface area contributed by atoms with Gasteiger partial charge in [0.15, 0.2) is 22.6 Å². The number of aromatic nitrogens is 2. The molecular weight excluding hydrogens is 466 g/mol. The van der Waals surface area contributed by atoms with Gasteiger partial charge in [-0.3, -0.25) is 14.2 Å². The van der Waals surface area contributed by atoms with Gasteiger partial charge in [0, 0.05) is 17.1 Å². The normalized spacial score (nSPS) is 12.3. The number of carbonyl (C=O) groups is 1. The van der Waals surface area contributed by atoms with E-state index in [2.05, 4.69) is 20.9 Å². The number of carbonyl (C=O) groups excluding carboxylic acids is 1. The average Bonchev–Trinajstić information content (AvgIpc) is 2.70. The van der Waals surface area contributed by atoms with Gasteiger partial charge in [0.2, 0.25) is 0 Å². The molecule has 0 saturated carbocycles. The lowest BCUT2D eigenvalue weighted by molar-refractivity contribution is 0.0993. The fourth-order valence-electron chi connectivity index (χ4n) is 2.74. The van der Waals surface area contributed by atoms with Crippen LogP contribution in [0.3, 0.4) is 0 Å². The summed E-state index contributed by atoms with van der Waals surface area (Å²) in [5.74, 6) is -2.49. The highest BCUT2D eigenvalue weighted by Crippen LogP contribution is 2.26. The van der Waals surface area contributed by atoms with Gasteiger partial charge in [-0.15, -0.1) is 0 Å². The molecule has 3 aromatic rings. The molecule has 1 heterocycles. The summed E-state index contributed by atoms with van der Waals surface area (Å²) in [5, 5.41) is 0.123. The first-order valence-corrected chi connectivity index (χ1v) is 10.3. The summed E-state index contributed by atoms with van der Waals surface area (Å²) < 4.78 is 33.9. The van der Waals surface area contributed by atoms with Crippen LogP contribution in [0.5, 0.6) is 0 Å². The van der Waals surface area contributed by atoms with Gasteiger partial charge in [-0.25, -0.2) is 13.8 Å². The largest absolute Gasteiger partial charge is 0.383 e. The van der Waals surface area contributed by atoms with Crippen molar-refractivity contribution in [1.29, 1.82) is 0 Å². The fourth-order valence-corrected chi connectivity index (χ4v) is 4.11. The first-order valence-electron chi connectivity index (χ1n) is 8.66. The second-order valence-corrected chi connectivity index (χ2v) is 8.48. The molecule has 0 aliphatic rings. The Morgan fingerprint density at radius 1 is 1.24 bits per heavy atom. The Morgan fingerprint density at radius 2 is 2.00 bits per heavy atom. The van der Waals surface area contributed by atoms with Crippen molar-refractivity contribution in [2.24, 2.45) is 0 Å². The van der Waals surface area contributed by atoms with Crippen molar-refractivity contribution < 1.29 is 18.3 Å². The summed E-state index contributed by atoms with van der Waals surface area (Å²) in [6.07, 6.45) is 0. The van der Waals surface area contributed by atoms with Crippen LogP contribution in [0.25, 0.3) is 10.9 Å². The molecular formula is C20H17BrF2N2O3S. The lowest BCUT2D eigenvalue weighted by atomic mass is 10.1. The number of ether oxygens (including phenoxy) is 1. The number of thioether (sulfide) groups is 1. The highest BCUT2D eigenvalue weighted by molar-refractivity contribution is 9.10. The lowest BCUT2D eigenvalue weighted by Gasteiger charge is -2.16. The maximum Gasteiger partial charge on any atom is 0.262 e. The quantitative estimate of drug-likeness (QED) is 0.283. The van der Waals surface area contributed by atoms with Gasteiger partial charge < -0.3 is 4.74 Å². The zero-order valence-corrected chi connectivity index (χ0v) is 18.0. The molecule has 0 bridgehead atoms. The number of hydrogen-bond acceptors (Lipinski definition) is 5. The van der Waals surface area contributed by atoms with Crippen LogP contribution in [0.4, 0.5) is 8.78 Å². The topological polar surface area (TPSA) is 61.2 Å². The summed E-state index contributed by atoms with van der Waals surface area (Å²) in [7, 11) is 1.53. The number of nitrogens with zero attached hydrogens (tertiary/aromatic N) is 2. The zero-order chi connectivity index (χ0) is 21.1. The van der Waals surface area contributed by atoms with Crippen LogP contribution in [0, 0.1) is 11.6 Å². The van der Waals surface area contributed by atoms with Crippen LogP contribution in [-0.4, -0.2) is 34.3 Å². The first kappa shape index (κ1) is 21.6. The van der Waals surface area contributed by atoms with Crippen LogP contribution < -0.4 is 5.56 Å². The molecule has 0 spiro atoms. The third-order valence-electron chi connectivity index (χ3n) is 4.26. The van der Waals surface area contributed by atoms with E-state index in [-0.39, 0.29) is 17.7 Å². The van der Waals surface area contributed by atoms with Crippen molar-refractivity contribution in [3.05, 3.63) is 68.4 Å². The van der Waals surface area contributed by atoms with E-state index in [1.807, 2.05) is 0 Å². The van der Waals surface area contributed by atoms with E-state index in [0.717, 1.165) is 28.4 Å². The highest BCUT2D eigenvalue weighted by atomic mass is 79.9. The van der Waals surface area contributed by atoms with E-state index in [4.69, 9.17) is 4.74 Å². The van der Waals surface area contributed by atoms with Crippen molar-refractivity contribution in [2.45, 2.75) is 23.9 Å². The molecule has 0 aliphatic heterocycles. The van der Waals surface area contributed by atoms with Gasteiger partial charge in [0.05, 0.1) is 29.3 Å². The second-order valence-electron chi connectivity index (χ2n) is 6.26. The third kappa shape index (κ3) is 4.73. The number of halogens is 3. The Hall–Kier alpha value is -2.10. The van der Waals surface area contributed by atoms with Crippen LogP contribution in [0.15, 0.2) is 50.8 Å². The molecule has 0 saturated heterocycles. The molecule has 0 radical (unpaired) electrons. The number of methoxy groups -OCH3 is 1. The van der Waals surface area contributed by atoms with Crippen molar-refractivity contribution in [3.63, 3.8) is 0 Å². The van der Waals surface area contributed by atoms with Crippen LogP contribution >= 0.6 is 27.7 Å². The maximum absolute atomic E-state index is 13.5. The molecule has 152 valence electrons. The first-order chi connectivity index (χ1) is 13.8. The summed E-state index contributed by atoms with van der Waals surface area (Å²) in [4.78, 5) is 30.2. The Labute approximate surface area is 178 Å². The van der Waals surface area contributed by atoms with E-state index in [9.17, 15) is 18.4 Å². The molecule has 3 rings (SSSR count). The predicted molar refractivity (Wildman–Crippen MR) is 112 cm³/mol. The van der Waals surface area contributed by atoms with Gasteiger partial charge >= 0.3 is 0 Å². The van der Waals surface area contributed by atoms with Gasteiger partial charge in [0.25, 0.3) is 5.56 Å². The van der Waals surface area contributed by atoms with Crippen LogP contribution in [0.1, 0.15) is 17.3 Å². The molecule has 0 amide bonds. The molecule has 1 unspecified atom stereocenters. The van der Waals surface area contributed by atoms with E-state index in [1.165, 1.54) is 17.7 Å². The van der Waals surface area contributed by atoms with Crippen LogP contribution in [-0.2, 0) is 11.3 Å². The number of rotatable bonds is 7. The SMILES string of the molecule is COCCn1c(SC(C)C(=O)c2ccc(F)c(F)c2)nc2ccc(Br)cc2c1=O. The molecule has 0 N–H and O–H groups in total. The van der Waals surface area contributed by atoms with E-state index >= 15 is 0 Å². The zero-order valence-electron chi connectivity index (χ0n) is 15.6. The molecule has 29 heavy (non-hydrogen) atoms. The van der Waals surface area contributed by atoms with E-state index in [0.29, 0.717) is 22.7 Å². The molecule has 9 heteroatoms. The minimum Gasteiger partial charge on any atom is -0.383 e. The van der Waals surface area contributed by atoms with Gasteiger partial charge in [0.1, 0.15) is 0 Å². The second kappa shape index (κ2) is 9.15. The summed E-state index contributed by atoms with van der Waals surface area (Å²) in [5.41, 5.74) is 0.310. The van der Waals surface area contributed by atoms with Crippen molar-refractivity contribution in [1.82, 2.24) is 9.55 Å². The fraction of sp³-hybridized carbons (Fsp3) is 0.250. The van der Waals surface area contributed by atoms with Gasteiger partial charge in [-0.05, 0) is 43.3 Å². The maximum atomic E-state index is 13.5. The number of Topliss-reactive ketones (excluding diaryl/α,β-unsaturated/α-hetero) is 1. The Kier molecular flexibility index (Phi) is 6.81. The summed E-state index contributed by atoms with van der Waals surface area (Å²) in [6, 6.07) is 8.21. The number of hydrogen-bond donors (Lipinski definition) is 0. The standard InChI is InChI=1S/C20H17BrF2N2O3S/c1-11(18(26)12-3-5-15(22)16(23)9-12)29-20-24-17-6-4-13(21)10-14(17)19(27)25(20)7-8-28-2/h3-6,9-11H,7-8H2,1-2H3. The Morgan fingerprint density at radius 3 is 2.69 bits per heavy atom. The third-order valence-corrected chi connectivity index (χ3v) is 5.84. The van der Waals surface area contributed by atoms with Crippen LogP contribution in [0.2, 0.25) is 0 Å². The van der Waals surface area contributed by atoms with Gasteiger partial charge in [-0.2, -0.15) is 0 Å². The smallest absolute Gasteiger partial charge is 0.262 e. The number of benzene rings is 2. The molecule has 2 aromatic carbocycles. The molecule has 0 fully saturated rings. The van der Waals surface area contributed by atoms with Crippen molar-refractivity contribution in [3.8, 4) is 0 Å². The summed E-state index contributed by atoms with van der Waals surface area (Å²) >= 11 is 4.44. The Balaban J connectivity index is 1.98. The lowest BCUT2D eigenvalue weighted by Crippen LogP contribution is -2.26. The monoisotopic (exact) mass is 482 g/mol. The predicted octanol–water partition coefficient (Wildman–Crippen LogP) is 4.45. The Bertz CT molecular complexity index is 1140. The van der Waals surface area contributed by atoms with E-state index in [1.54, 1.807) is 25.1 Å². The molecule has 1 atom stereocenters. The average molecular weight is 483 g/mol. The van der Waals surface area contributed by atoms with E-state index < -0.39 is 22.7 Å². The number of ketones is 1. The number of fused-ring (bicyclic) bond motifs is 1. The molecule has 0 aliphatic carbocycles. The molecule has 1 aromatic heterocycles. The minimum absolute atomic E-state index is 0.0550. The highest BCUT2D eigenvalue weighted by Gasteiger charge is 2.21. The van der Waals surface area contributed by atoms with Gasteiger partial charge in [-0.1, -0.05) is 27.7 Å². The van der Waals surface area contributed by atoms with Crippen molar-refractivity contribution in [2.75, 3.05) is 13.7 Å². The summed E-state index contributed by atoms with van der Waals surface area (Å²) in [6.45, 7) is 2.19.